The smallest absolute Gasteiger partial charge is 0.261 e. The third kappa shape index (κ3) is 3.44. The Morgan fingerprint density at radius 2 is 2.21 bits per heavy atom. The van der Waals surface area contributed by atoms with E-state index in [1.54, 1.807) is 6.07 Å². The number of hydrogen-bond donors (Lipinski definition) is 0. The van der Waals surface area contributed by atoms with Crippen LogP contribution >= 0.6 is 11.6 Å². The Morgan fingerprint density at radius 1 is 1.46 bits per heavy atom. The van der Waals surface area contributed by atoms with E-state index in [1.165, 1.54) is 6.20 Å². The Balaban J connectivity index is 2.55. The first kappa shape index (κ1) is 16.8. The molecule has 0 saturated heterocycles. The lowest BCUT2D eigenvalue weighted by atomic mass is 10.1. The molecule has 2 rings (SSSR count). The molecule has 0 saturated carbocycles. The highest BCUT2D eigenvalue weighted by atomic mass is 35.5. The predicted octanol–water partition coefficient (Wildman–Crippen LogP) is 4.35. The zero-order valence-electron chi connectivity index (χ0n) is 11.6. The van der Waals surface area contributed by atoms with Crippen LogP contribution < -0.4 is 0 Å². The number of nitro groups is 1. The summed E-state index contributed by atoms with van der Waals surface area (Å²) in [7, 11) is 0. The maximum absolute atomic E-state index is 13.6. The number of aromatic nitrogens is 1. The number of nitro benzene ring substituents is 1. The first-order valence-electron chi connectivity index (χ1n) is 6.08. The van der Waals surface area contributed by atoms with E-state index >= 15 is 0 Å². The maximum atomic E-state index is 13.6. The van der Waals surface area contributed by atoms with E-state index in [-0.39, 0.29) is 33.2 Å². The molecule has 0 aliphatic heterocycles. The second-order valence-corrected chi connectivity index (χ2v) is 4.61. The molecule has 0 radical (unpaired) electrons. The highest BCUT2D eigenvalue weighted by Gasteiger charge is 2.15. The number of nitriles is 1. The predicted molar refractivity (Wildman–Crippen MR) is 83.1 cm³/mol. The SMILES string of the molecule is N#Cc1cc([N+](=O)[O-])cc(Cl)c1N=Cc1cncc(F)c1N=[N+]=[N-]. The average molecular weight is 346 g/mol. The molecule has 9 nitrogen and oxygen atoms in total. The zero-order valence-corrected chi connectivity index (χ0v) is 12.3. The Bertz CT molecular complexity index is 948. The minimum absolute atomic E-state index is 0.0408. The normalized spacial score (nSPS) is 10.2. The Labute approximate surface area is 138 Å². The van der Waals surface area contributed by atoms with Crippen LogP contribution in [-0.2, 0) is 0 Å². The maximum Gasteiger partial charge on any atom is 0.272 e. The summed E-state index contributed by atoms with van der Waals surface area (Å²) in [5.74, 6) is -0.855. The molecule has 1 heterocycles. The third-order valence-electron chi connectivity index (χ3n) is 2.76. The van der Waals surface area contributed by atoms with Crippen molar-refractivity contribution >= 4 is 34.9 Å². The van der Waals surface area contributed by atoms with Crippen molar-refractivity contribution in [3.05, 3.63) is 67.1 Å². The van der Waals surface area contributed by atoms with Crippen LogP contribution in [0.25, 0.3) is 10.4 Å². The average Bonchev–Trinajstić information content (AvgIpc) is 2.55. The standard InChI is InChI=1S/C13H5ClFN7O2/c14-10-2-9(22(23)24)1-7(3-16)12(10)19-5-8-4-18-6-11(15)13(8)20-21-17/h1-2,4-6H. The third-order valence-corrected chi connectivity index (χ3v) is 3.05. The first-order valence-corrected chi connectivity index (χ1v) is 6.46. The van der Waals surface area contributed by atoms with Gasteiger partial charge >= 0.3 is 0 Å². The molecule has 24 heavy (non-hydrogen) atoms. The molecule has 0 unspecified atom stereocenters. The summed E-state index contributed by atoms with van der Waals surface area (Å²) in [6.45, 7) is 0. The minimum atomic E-state index is -0.855. The fourth-order valence-corrected chi connectivity index (χ4v) is 1.99. The monoisotopic (exact) mass is 345 g/mol. The summed E-state index contributed by atoms with van der Waals surface area (Å²) in [5, 5.41) is 22.9. The van der Waals surface area contributed by atoms with Crippen LogP contribution in [0.1, 0.15) is 11.1 Å². The van der Waals surface area contributed by atoms with Crippen LogP contribution in [-0.4, -0.2) is 16.1 Å². The number of pyridine rings is 1. The highest BCUT2D eigenvalue weighted by molar-refractivity contribution is 6.33. The van der Waals surface area contributed by atoms with Gasteiger partial charge in [-0.1, -0.05) is 16.7 Å². The second kappa shape index (κ2) is 7.15. The number of aliphatic imine (C=N–C) groups is 1. The van der Waals surface area contributed by atoms with Crippen LogP contribution in [0.2, 0.25) is 5.02 Å². The minimum Gasteiger partial charge on any atom is -0.261 e. The number of azide groups is 1. The molecule has 2 aromatic rings. The van der Waals surface area contributed by atoms with E-state index in [9.17, 15) is 14.5 Å². The lowest BCUT2D eigenvalue weighted by Crippen LogP contribution is -1.91. The largest absolute Gasteiger partial charge is 0.272 e. The van der Waals surface area contributed by atoms with Crippen molar-refractivity contribution < 1.29 is 9.31 Å². The van der Waals surface area contributed by atoms with Gasteiger partial charge in [0.05, 0.1) is 33.1 Å². The van der Waals surface area contributed by atoms with Crippen LogP contribution in [0.3, 0.4) is 0 Å². The summed E-state index contributed by atoms with van der Waals surface area (Å²) in [5.41, 5.74) is 7.64. The van der Waals surface area contributed by atoms with Gasteiger partial charge in [-0.15, -0.1) is 0 Å². The summed E-state index contributed by atoms with van der Waals surface area (Å²) < 4.78 is 13.6. The lowest BCUT2D eigenvalue weighted by Gasteiger charge is -2.03. The topological polar surface area (TPSA) is 141 Å². The van der Waals surface area contributed by atoms with Crippen molar-refractivity contribution in [2.75, 3.05) is 0 Å². The van der Waals surface area contributed by atoms with Gasteiger partial charge in [-0.2, -0.15) is 5.26 Å². The molecule has 0 N–H and O–H groups in total. The molecule has 0 fully saturated rings. The van der Waals surface area contributed by atoms with Gasteiger partial charge in [0.2, 0.25) is 0 Å². The van der Waals surface area contributed by atoms with Crippen LogP contribution in [0.4, 0.5) is 21.5 Å². The molecule has 1 aromatic heterocycles. The van der Waals surface area contributed by atoms with Gasteiger partial charge in [0.15, 0.2) is 5.82 Å². The van der Waals surface area contributed by atoms with Crippen molar-refractivity contribution in [3.8, 4) is 6.07 Å². The number of nitrogens with zero attached hydrogens (tertiary/aromatic N) is 7. The molecular weight excluding hydrogens is 341 g/mol. The van der Waals surface area contributed by atoms with E-state index in [0.29, 0.717) is 0 Å². The molecule has 11 heteroatoms. The number of hydrogen-bond acceptors (Lipinski definition) is 6. The van der Waals surface area contributed by atoms with Gasteiger partial charge in [-0.25, -0.2) is 4.39 Å². The second-order valence-electron chi connectivity index (χ2n) is 4.20. The first-order chi connectivity index (χ1) is 11.5. The molecule has 118 valence electrons. The Hall–Kier alpha value is -3.54. The zero-order chi connectivity index (χ0) is 17.7. The van der Waals surface area contributed by atoms with Gasteiger partial charge in [-0.3, -0.25) is 20.1 Å². The molecule has 0 atom stereocenters. The van der Waals surface area contributed by atoms with Crippen molar-refractivity contribution in [2.45, 2.75) is 0 Å². The van der Waals surface area contributed by atoms with Gasteiger partial charge in [-0.05, 0) is 5.53 Å². The van der Waals surface area contributed by atoms with Crippen LogP contribution in [0.15, 0.2) is 34.6 Å². The fraction of sp³-hybridized carbons (Fsp3) is 0. The number of benzene rings is 1. The number of non-ortho nitro benzene ring substituents is 1. The van der Waals surface area contributed by atoms with Crippen LogP contribution in [0, 0.1) is 27.3 Å². The van der Waals surface area contributed by atoms with E-state index < -0.39 is 10.7 Å². The van der Waals surface area contributed by atoms with Gasteiger partial charge in [0.1, 0.15) is 6.07 Å². The quantitative estimate of drug-likeness (QED) is 0.203. The van der Waals surface area contributed by atoms with Crippen molar-refractivity contribution in [2.24, 2.45) is 10.1 Å². The van der Waals surface area contributed by atoms with Gasteiger partial charge < -0.3 is 0 Å². The number of halogens is 2. The Morgan fingerprint density at radius 3 is 2.83 bits per heavy atom. The van der Waals surface area contributed by atoms with E-state index in [0.717, 1.165) is 24.5 Å². The number of rotatable bonds is 4. The van der Waals surface area contributed by atoms with Crippen molar-refractivity contribution in [1.82, 2.24) is 4.98 Å². The van der Waals surface area contributed by atoms with Gasteiger partial charge in [0.25, 0.3) is 5.69 Å². The van der Waals surface area contributed by atoms with E-state index in [4.69, 9.17) is 22.4 Å². The summed E-state index contributed by atoms with van der Waals surface area (Å²) in [6, 6.07) is 3.79. The Kier molecular flexibility index (Phi) is 5.01. The summed E-state index contributed by atoms with van der Waals surface area (Å²) in [6.07, 6.45) is 3.15. The van der Waals surface area contributed by atoms with Crippen molar-refractivity contribution in [1.29, 1.82) is 5.26 Å². The summed E-state index contributed by atoms with van der Waals surface area (Å²) in [4.78, 5) is 20.1. The van der Waals surface area contributed by atoms with E-state index in [1.807, 2.05) is 0 Å². The molecular formula is C13H5ClFN7O2. The molecule has 0 amide bonds. The van der Waals surface area contributed by atoms with Gasteiger partial charge in [0, 0.05) is 35.0 Å². The highest BCUT2D eigenvalue weighted by Crippen LogP contribution is 2.33. The molecule has 0 aliphatic rings. The van der Waals surface area contributed by atoms with Crippen LogP contribution in [0.5, 0.6) is 0 Å². The fourth-order valence-electron chi connectivity index (χ4n) is 1.73. The van der Waals surface area contributed by atoms with E-state index in [2.05, 4.69) is 20.0 Å². The molecule has 0 aliphatic carbocycles. The van der Waals surface area contributed by atoms with Crippen molar-refractivity contribution in [3.63, 3.8) is 0 Å². The summed E-state index contributed by atoms with van der Waals surface area (Å²) >= 11 is 5.91. The molecule has 1 aromatic carbocycles. The molecule has 0 bridgehead atoms. The lowest BCUT2D eigenvalue weighted by molar-refractivity contribution is -0.384. The molecule has 0 spiro atoms.